The van der Waals surface area contributed by atoms with Crippen molar-refractivity contribution in [1.29, 1.82) is 5.26 Å². The number of rotatable bonds is 7. The van der Waals surface area contributed by atoms with Crippen LogP contribution in [0.1, 0.15) is 76.3 Å². The maximum absolute atomic E-state index is 12.3. The molecule has 1 aromatic heterocycles. The molecule has 1 saturated heterocycles. The lowest BCUT2D eigenvalue weighted by atomic mass is 9.91. The lowest BCUT2D eigenvalue weighted by Gasteiger charge is -2.33. The third-order valence-corrected chi connectivity index (χ3v) is 6.47. The van der Waals surface area contributed by atoms with Gasteiger partial charge < -0.3 is 24.0 Å². The molecule has 1 aliphatic rings. The van der Waals surface area contributed by atoms with Gasteiger partial charge in [-0.15, -0.1) is 0 Å². The monoisotopic (exact) mass is 521 g/mol. The third-order valence-electron chi connectivity index (χ3n) is 6.47. The molecule has 0 atom stereocenters. The second-order valence-electron chi connectivity index (χ2n) is 10.3. The van der Waals surface area contributed by atoms with Crippen LogP contribution < -0.4 is 4.74 Å². The molecule has 1 N–H and O–H groups in total. The van der Waals surface area contributed by atoms with Crippen LogP contribution >= 0.6 is 0 Å². The standard InChI is InChI=1S/C28H33N3O5.C2H6/c1-28(2,3)35-27(33)31-14-12-19(13-15-31)8-10-24-22-9-11-25(23(17-32)26(22)36-30-24)34-18-21-6-4-20(16-29)5-7-21;1-2/h4-7,9,11,19,32H,8,10,12-15,17-18H2,1-3H3;1-2H3. The third kappa shape index (κ3) is 7.48. The minimum atomic E-state index is -0.482. The summed E-state index contributed by atoms with van der Waals surface area (Å²) in [6, 6.07) is 13.1. The van der Waals surface area contributed by atoms with Gasteiger partial charge in [-0.1, -0.05) is 31.1 Å². The number of carbonyl (C=O) groups excluding carboxylic acids is 1. The Morgan fingerprint density at radius 2 is 1.84 bits per heavy atom. The molecule has 0 unspecified atom stereocenters. The SMILES string of the molecule is CC.CC(C)(C)OC(=O)N1CCC(CCc2noc3c(CO)c(OCc4ccc(C#N)cc4)ccc23)CC1. The van der Waals surface area contributed by atoms with Crippen molar-refractivity contribution in [2.24, 2.45) is 5.92 Å². The first kappa shape index (κ1) is 29.0. The van der Waals surface area contributed by atoms with Crippen molar-refractivity contribution in [3.63, 3.8) is 0 Å². The lowest BCUT2D eigenvalue weighted by molar-refractivity contribution is 0.0181. The average Bonchev–Trinajstić information content (AvgIpc) is 3.34. The van der Waals surface area contributed by atoms with Gasteiger partial charge in [-0.2, -0.15) is 5.26 Å². The zero-order valence-corrected chi connectivity index (χ0v) is 23.1. The number of aryl methyl sites for hydroxylation is 1. The molecule has 204 valence electrons. The predicted octanol–water partition coefficient (Wildman–Crippen LogP) is 6.38. The van der Waals surface area contributed by atoms with E-state index in [1.807, 2.05) is 58.9 Å². The molecule has 4 rings (SSSR count). The Balaban J connectivity index is 0.00000195. The first-order valence-corrected chi connectivity index (χ1v) is 13.4. The van der Waals surface area contributed by atoms with Gasteiger partial charge in [0, 0.05) is 18.5 Å². The summed E-state index contributed by atoms with van der Waals surface area (Å²) in [4.78, 5) is 14.1. The number of aliphatic hydroxyl groups is 1. The van der Waals surface area contributed by atoms with Gasteiger partial charge in [-0.05, 0) is 82.2 Å². The Hall–Kier alpha value is -3.57. The maximum Gasteiger partial charge on any atom is 0.410 e. The molecule has 0 bridgehead atoms. The number of aromatic nitrogens is 1. The number of fused-ring (bicyclic) bond motifs is 1. The summed E-state index contributed by atoms with van der Waals surface area (Å²) >= 11 is 0. The highest BCUT2D eigenvalue weighted by molar-refractivity contribution is 5.84. The lowest BCUT2D eigenvalue weighted by Crippen LogP contribution is -2.41. The van der Waals surface area contributed by atoms with Crippen LogP contribution in [0.15, 0.2) is 40.9 Å². The largest absolute Gasteiger partial charge is 0.488 e. The molecular formula is C30H39N3O5. The molecular weight excluding hydrogens is 482 g/mol. The number of nitrogens with zero attached hydrogens (tertiary/aromatic N) is 3. The van der Waals surface area contributed by atoms with Crippen LogP contribution in [0.5, 0.6) is 5.75 Å². The highest BCUT2D eigenvalue weighted by Crippen LogP contribution is 2.32. The highest BCUT2D eigenvalue weighted by Gasteiger charge is 2.27. The number of ether oxygens (including phenoxy) is 2. The van der Waals surface area contributed by atoms with Crippen molar-refractivity contribution in [1.82, 2.24) is 10.1 Å². The highest BCUT2D eigenvalue weighted by atomic mass is 16.6. The van der Waals surface area contributed by atoms with E-state index in [-0.39, 0.29) is 12.7 Å². The van der Waals surface area contributed by atoms with Gasteiger partial charge in [-0.3, -0.25) is 0 Å². The molecule has 1 aliphatic heterocycles. The van der Waals surface area contributed by atoms with Gasteiger partial charge in [0.15, 0.2) is 5.58 Å². The number of benzene rings is 2. The second kappa shape index (κ2) is 13.3. The normalized spacial score (nSPS) is 14.0. The van der Waals surface area contributed by atoms with Crippen LogP contribution in [0.4, 0.5) is 4.79 Å². The average molecular weight is 522 g/mol. The Kier molecular flexibility index (Phi) is 10.1. The van der Waals surface area contributed by atoms with E-state index in [9.17, 15) is 9.90 Å². The number of amides is 1. The minimum absolute atomic E-state index is 0.224. The number of hydrogen-bond acceptors (Lipinski definition) is 7. The number of nitriles is 1. The Morgan fingerprint density at radius 1 is 1.16 bits per heavy atom. The fourth-order valence-electron chi connectivity index (χ4n) is 4.46. The van der Waals surface area contributed by atoms with E-state index in [1.165, 1.54) is 0 Å². The smallest absolute Gasteiger partial charge is 0.410 e. The minimum Gasteiger partial charge on any atom is -0.488 e. The van der Waals surface area contributed by atoms with Crippen molar-refractivity contribution < 1.29 is 23.9 Å². The molecule has 0 spiro atoms. The molecule has 3 aromatic rings. The fourth-order valence-corrected chi connectivity index (χ4v) is 4.46. The predicted molar refractivity (Wildman–Crippen MR) is 146 cm³/mol. The number of likely N-dealkylation sites (tertiary alicyclic amines) is 1. The maximum atomic E-state index is 12.3. The van der Waals surface area contributed by atoms with E-state index in [1.54, 1.807) is 17.0 Å². The van der Waals surface area contributed by atoms with Crippen molar-refractivity contribution in [2.45, 2.75) is 79.1 Å². The van der Waals surface area contributed by atoms with E-state index in [0.717, 1.165) is 42.3 Å². The van der Waals surface area contributed by atoms with E-state index >= 15 is 0 Å². The van der Waals surface area contributed by atoms with Gasteiger partial charge in [0.05, 0.1) is 29.5 Å². The Morgan fingerprint density at radius 3 is 2.45 bits per heavy atom. The zero-order chi connectivity index (χ0) is 27.7. The summed E-state index contributed by atoms with van der Waals surface area (Å²) < 4.78 is 17.1. The van der Waals surface area contributed by atoms with Crippen molar-refractivity contribution >= 4 is 17.1 Å². The van der Waals surface area contributed by atoms with Crippen LogP contribution in [0.25, 0.3) is 11.0 Å². The summed E-state index contributed by atoms with van der Waals surface area (Å²) in [6.07, 6.45) is 3.35. The molecule has 0 saturated carbocycles. The second-order valence-corrected chi connectivity index (χ2v) is 10.3. The van der Waals surface area contributed by atoms with Crippen LogP contribution in [-0.4, -0.2) is 39.9 Å². The quantitative estimate of drug-likeness (QED) is 0.384. The van der Waals surface area contributed by atoms with Gasteiger partial charge in [0.1, 0.15) is 18.0 Å². The number of hydrogen-bond donors (Lipinski definition) is 1. The van der Waals surface area contributed by atoms with Crippen molar-refractivity contribution in [3.8, 4) is 11.8 Å². The molecule has 0 aliphatic carbocycles. The molecule has 2 heterocycles. The molecule has 1 fully saturated rings. The van der Waals surface area contributed by atoms with E-state index < -0.39 is 5.60 Å². The van der Waals surface area contributed by atoms with Crippen molar-refractivity contribution in [3.05, 3.63) is 58.8 Å². The molecule has 2 aromatic carbocycles. The molecule has 0 radical (unpaired) electrons. The first-order valence-electron chi connectivity index (χ1n) is 13.4. The molecule has 1 amide bonds. The van der Waals surface area contributed by atoms with Gasteiger partial charge in [0.2, 0.25) is 0 Å². The topological polar surface area (TPSA) is 109 Å². The summed E-state index contributed by atoms with van der Waals surface area (Å²) in [5.74, 6) is 1.05. The molecule has 8 heteroatoms. The van der Waals surface area contributed by atoms with Gasteiger partial charge in [-0.25, -0.2) is 4.79 Å². The molecule has 38 heavy (non-hydrogen) atoms. The summed E-state index contributed by atoms with van der Waals surface area (Å²) in [6.45, 7) is 11.1. The Bertz CT molecular complexity index is 1230. The zero-order valence-electron chi connectivity index (χ0n) is 23.1. The Labute approximate surface area is 225 Å². The van der Waals surface area contributed by atoms with E-state index in [2.05, 4.69) is 11.2 Å². The summed E-state index contributed by atoms with van der Waals surface area (Å²) in [5.41, 5.74) is 3.03. The van der Waals surface area contributed by atoms with Gasteiger partial charge in [0.25, 0.3) is 0 Å². The summed E-state index contributed by atoms with van der Waals surface area (Å²) in [5, 5.41) is 24.1. The van der Waals surface area contributed by atoms with E-state index in [4.69, 9.17) is 19.3 Å². The van der Waals surface area contributed by atoms with Crippen LogP contribution in [0.3, 0.4) is 0 Å². The van der Waals surface area contributed by atoms with Crippen LogP contribution in [0.2, 0.25) is 0 Å². The number of aliphatic hydroxyl groups excluding tert-OH is 1. The van der Waals surface area contributed by atoms with Crippen LogP contribution in [-0.2, 0) is 24.4 Å². The summed E-state index contributed by atoms with van der Waals surface area (Å²) in [7, 11) is 0. The van der Waals surface area contributed by atoms with Crippen LogP contribution in [0, 0.1) is 17.2 Å². The fraction of sp³-hybridized carbons (Fsp3) is 0.500. The van der Waals surface area contributed by atoms with Crippen molar-refractivity contribution in [2.75, 3.05) is 13.1 Å². The number of piperidine rings is 1. The van der Waals surface area contributed by atoms with Gasteiger partial charge >= 0.3 is 6.09 Å². The first-order chi connectivity index (χ1) is 18.3. The van der Waals surface area contributed by atoms with E-state index in [0.29, 0.717) is 48.1 Å². The number of carbonyl (C=O) groups is 1. The molecule has 8 nitrogen and oxygen atoms in total.